The first-order valence-electron chi connectivity index (χ1n) is 9.33. The van der Waals surface area contributed by atoms with E-state index in [1.165, 1.54) is 5.56 Å². The Morgan fingerprint density at radius 2 is 2.07 bits per heavy atom. The van der Waals surface area contributed by atoms with E-state index >= 15 is 0 Å². The van der Waals surface area contributed by atoms with Crippen LogP contribution in [0.25, 0.3) is 0 Å². The lowest BCUT2D eigenvalue weighted by Gasteiger charge is -2.24. The van der Waals surface area contributed by atoms with Gasteiger partial charge in [-0.3, -0.25) is 14.6 Å². The minimum Gasteiger partial charge on any atom is -0.347 e. The van der Waals surface area contributed by atoms with Crippen molar-refractivity contribution in [1.82, 2.24) is 15.6 Å². The van der Waals surface area contributed by atoms with Gasteiger partial charge < -0.3 is 16.4 Å². The Balaban J connectivity index is 1.69. The molecule has 4 N–H and O–H groups in total. The number of fused-ring (bicyclic) bond motifs is 1. The van der Waals surface area contributed by atoms with E-state index in [1.807, 2.05) is 26.0 Å². The summed E-state index contributed by atoms with van der Waals surface area (Å²) >= 11 is 0. The van der Waals surface area contributed by atoms with Crippen LogP contribution in [-0.4, -0.2) is 22.8 Å². The highest BCUT2D eigenvalue weighted by Gasteiger charge is 2.30. The molecule has 0 spiro atoms. The first kappa shape index (κ1) is 19.0. The lowest BCUT2D eigenvalue weighted by atomic mass is 10.0. The monoisotopic (exact) mass is 366 g/mol. The fourth-order valence-corrected chi connectivity index (χ4v) is 3.46. The molecule has 2 aromatic rings. The number of hydrogen-bond donors (Lipinski definition) is 3. The largest absolute Gasteiger partial charge is 0.347 e. The maximum atomic E-state index is 12.9. The molecule has 27 heavy (non-hydrogen) atoms. The van der Waals surface area contributed by atoms with Crippen LogP contribution in [0.2, 0.25) is 0 Å². The van der Waals surface area contributed by atoms with Crippen LogP contribution in [-0.2, 0) is 17.8 Å². The number of carbonyl (C=O) groups excluding carboxylic acids is 2. The molecule has 2 unspecified atom stereocenters. The lowest BCUT2D eigenvalue weighted by Crippen LogP contribution is -2.50. The molecular formula is C21H26N4O2. The van der Waals surface area contributed by atoms with Gasteiger partial charge in [-0.25, -0.2) is 0 Å². The van der Waals surface area contributed by atoms with Gasteiger partial charge in [0.1, 0.15) is 11.7 Å². The molecule has 0 saturated carbocycles. The molecule has 1 heterocycles. The van der Waals surface area contributed by atoms with Gasteiger partial charge in [-0.1, -0.05) is 38.1 Å². The average molecular weight is 366 g/mol. The third kappa shape index (κ3) is 4.34. The predicted molar refractivity (Wildman–Crippen MR) is 104 cm³/mol. The molecule has 2 atom stereocenters. The van der Waals surface area contributed by atoms with Gasteiger partial charge in [0.15, 0.2) is 0 Å². The van der Waals surface area contributed by atoms with Crippen molar-refractivity contribution < 1.29 is 9.59 Å². The number of aromatic nitrogens is 1. The van der Waals surface area contributed by atoms with E-state index in [2.05, 4.69) is 21.7 Å². The maximum absolute atomic E-state index is 12.9. The highest BCUT2D eigenvalue weighted by molar-refractivity contribution is 5.96. The maximum Gasteiger partial charge on any atom is 0.270 e. The van der Waals surface area contributed by atoms with Crippen LogP contribution in [0, 0.1) is 5.92 Å². The van der Waals surface area contributed by atoms with Gasteiger partial charge in [0, 0.05) is 12.7 Å². The van der Waals surface area contributed by atoms with E-state index in [9.17, 15) is 9.59 Å². The molecule has 0 bridgehead atoms. The first-order valence-corrected chi connectivity index (χ1v) is 9.33. The second-order valence-electron chi connectivity index (χ2n) is 7.25. The third-order valence-electron chi connectivity index (χ3n) is 4.97. The molecule has 3 rings (SSSR count). The van der Waals surface area contributed by atoms with Crippen molar-refractivity contribution in [3.63, 3.8) is 0 Å². The molecule has 0 fully saturated rings. The number of amides is 2. The summed E-state index contributed by atoms with van der Waals surface area (Å²) in [6.45, 7) is 4.34. The number of nitrogens with two attached hydrogens (primary N) is 1. The Morgan fingerprint density at radius 3 is 2.74 bits per heavy atom. The zero-order chi connectivity index (χ0) is 19.4. The van der Waals surface area contributed by atoms with Crippen molar-refractivity contribution in [2.45, 2.75) is 45.3 Å². The van der Waals surface area contributed by atoms with E-state index in [-0.39, 0.29) is 23.8 Å². The minimum absolute atomic E-state index is 0.0349. The summed E-state index contributed by atoms with van der Waals surface area (Å²) in [6.07, 6.45) is 3.33. The van der Waals surface area contributed by atoms with Crippen molar-refractivity contribution in [3.8, 4) is 0 Å². The van der Waals surface area contributed by atoms with Gasteiger partial charge >= 0.3 is 0 Å². The van der Waals surface area contributed by atoms with Crippen LogP contribution >= 0.6 is 0 Å². The Labute approximate surface area is 159 Å². The zero-order valence-corrected chi connectivity index (χ0v) is 15.7. The van der Waals surface area contributed by atoms with E-state index in [1.54, 1.807) is 24.4 Å². The Bertz CT molecular complexity index is 820. The minimum atomic E-state index is -0.619. The molecule has 0 aliphatic heterocycles. The molecule has 2 amide bonds. The van der Waals surface area contributed by atoms with Gasteiger partial charge in [-0.2, -0.15) is 0 Å². The molecule has 6 nitrogen and oxygen atoms in total. The van der Waals surface area contributed by atoms with Gasteiger partial charge in [-0.15, -0.1) is 0 Å². The first-order chi connectivity index (χ1) is 13.0. The summed E-state index contributed by atoms with van der Waals surface area (Å²) < 4.78 is 0. The lowest BCUT2D eigenvalue weighted by molar-refractivity contribution is -0.124. The molecule has 142 valence electrons. The second-order valence-corrected chi connectivity index (χ2v) is 7.25. The van der Waals surface area contributed by atoms with Crippen LogP contribution < -0.4 is 16.4 Å². The Hall–Kier alpha value is -2.73. The molecule has 6 heteroatoms. The highest BCUT2D eigenvalue weighted by Crippen LogP contribution is 2.31. The molecule has 1 aromatic carbocycles. The summed E-state index contributed by atoms with van der Waals surface area (Å²) in [7, 11) is 0. The van der Waals surface area contributed by atoms with Crippen molar-refractivity contribution in [3.05, 3.63) is 65.0 Å². The van der Waals surface area contributed by atoms with Crippen molar-refractivity contribution >= 4 is 11.8 Å². The molecule has 1 aliphatic carbocycles. The van der Waals surface area contributed by atoms with Crippen LogP contribution in [0.15, 0.2) is 42.6 Å². The molecule has 1 aromatic heterocycles. The quantitative estimate of drug-likeness (QED) is 0.729. The molecular weight excluding hydrogens is 340 g/mol. The van der Waals surface area contributed by atoms with Crippen LogP contribution in [0.3, 0.4) is 0 Å². The number of nitrogens with one attached hydrogen (secondary N) is 2. The van der Waals surface area contributed by atoms with Crippen molar-refractivity contribution in [2.24, 2.45) is 11.7 Å². The van der Waals surface area contributed by atoms with Crippen LogP contribution in [0.1, 0.15) is 53.5 Å². The zero-order valence-electron chi connectivity index (χ0n) is 15.7. The van der Waals surface area contributed by atoms with E-state index in [4.69, 9.17) is 5.73 Å². The summed E-state index contributed by atoms with van der Waals surface area (Å²) in [5, 5.41) is 5.92. The predicted octanol–water partition coefficient (Wildman–Crippen LogP) is 2.10. The number of nitrogens with zero attached hydrogens (tertiary/aromatic N) is 1. The summed E-state index contributed by atoms with van der Waals surface area (Å²) in [6, 6.07) is 10.6. The van der Waals surface area contributed by atoms with Crippen LogP contribution in [0.5, 0.6) is 0 Å². The standard InChI is InChI=1S/C21H26N4O2/c1-13(2)19(25-20(26)18-5-3-4-10-23-18)21(27)24-17-9-7-15-11-14(12-22)6-8-16(15)17/h3-6,8,10-11,13,17,19H,7,9,12,22H2,1-2H3,(H,24,27)(H,25,26). The number of pyridine rings is 1. The highest BCUT2D eigenvalue weighted by atomic mass is 16.2. The van der Waals surface area contributed by atoms with Crippen LogP contribution in [0.4, 0.5) is 0 Å². The number of carbonyl (C=O) groups is 2. The van der Waals surface area contributed by atoms with Gasteiger partial charge in [-0.05, 0) is 47.6 Å². The average Bonchev–Trinajstić information content (AvgIpc) is 3.08. The van der Waals surface area contributed by atoms with Crippen molar-refractivity contribution in [1.29, 1.82) is 0 Å². The number of benzene rings is 1. The summed E-state index contributed by atoms with van der Waals surface area (Å²) in [4.78, 5) is 29.3. The van der Waals surface area contributed by atoms with E-state index in [0.717, 1.165) is 24.0 Å². The van der Waals surface area contributed by atoms with Gasteiger partial charge in [0.25, 0.3) is 5.91 Å². The topological polar surface area (TPSA) is 97.1 Å². The fraction of sp³-hybridized carbons (Fsp3) is 0.381. The Morgan fingerprint density at radius 1 is 1.26 bits per heavy atom. The molecule has 0 saturated heterocycles. The number of rotatable bonds is 6. The molecule has 0 radical (unpaired) electrons. The smallest absolute Gasteiger partial charge is 0.270 e. The van der Waals surface area contributed by atoms with Gasteiger partial charge in [0.05, 0.1) is 6.04 Å². The second kappa shape index (κ2) is 8.31. The SMILES string of the molecule is CC(C)C(NC(=O)c1ccccn1)C(=O)NC1CCc2cc(CN)ccc21. The fourth-order valence-electron chi connectivity index (χ4n) is 3.46. The van der Waals surface area contributed by atoms with Gasteiger partial charge in [0.2, 0.25) is 5.91 Å². The third-order valence-corrected chi connectivity index (χ3v) is 4.97. The Kier molecular flexibility index (Phi) is 5.86. The van der Waals surface area contributed by atoms with E-state index in [0.29, 0.717) is 12.2 Å². The normalized spacial score (nSPS) is 16.7. The summed E-state index contributed by atoms with van der Waals surface area (Å²) in [5.41, 5.74) is 9.49. The summed E-state index contributed by atoms with van der Waals surface area (Å²) in [5.74, 6) is -0.558. The molecule has 1 aliphatic rings. The van der Waals surface area contributed by atoms with E-state index < -0.39 is 6.04 Å². The number of hydrogen-bond acceptors (Lipinski definition) is 4. The van der Waals surface area contributed by atoms with Crippen molar-refractivity contribution in [2.75, 3.05) is 0 Å². The number of aryl methyl sites for hydroxylation is 1.